The summed E-state index contributed by atoms with van der Waals surface area (Å²) in [5.41, 5.74) is 0. The highest BCUT2D eigenvalue weighted by atomic mass is 35.5. The van der Waals surface area contributed by atoms with Gasteiger partial charge in [-0.1, -0.05) is 35.3 Å². The number of esters is 1. The van der Waals surface area contributed by atoms with Crippen molar-refractivity contribution in [3.8, 4) is 5.75 Å². The summed E-state index contributed by atoms with van der Waals surface area (Å²) in [6, 6.07) is 10.7. The van der Waals surface area contributed by atoms with Gasteiger partial charge in [-0.15, -0.1) is 11.3 Å². The van der Waals surface area contributed by atoms with E-state index < -0.39 is 16.1 Å². The van der Waals surface area contributed by atoms with Gasteiger partial charge in [0.25, 0.3) is 0 Å². The molecule has 0 saturated carbocycles. The average Bonchev–Trinajstić information content (AvgIpc) is 2.94. The van der Waals surface area contributed by atoms with E-state index in [0.717, 1.165) is 11.3 Å². The second-order valence-electron chi connectivity index (χ2n) is 4.86. The number of fused-ring (bicyclic) bond motifs is 1. The van der Waals surface area contributed by atoms with Gasteiger partial charge in [-0.05, 0) is 30.3 Å². The summed E-state index contributed by atoms with van der Waals surface area (Å²) in [5, 5.41) is 0.795. The van der Waals surface area contributed by atoms with E-state index >= 15 is 0 Å². The molecule has 0 N–H and O–H groups in total. The molecular formula is C16H10Cl2O5S2. The van der Waals surface area contributed by atoms with E-state index in [1.165, 1.54) is 25.3 Å². The van der Waals surface area contributed by atoms with Crippen LogP contribution < -0.4 is 4.18 Å². The lowest BCUT2D eigenvalue weighted by molar-refractivity contribution is 0.0605. The second kappa shape index (κ2) is 6.84. The molecule has 5 nitrogen and oxygen atoms in total. The van der Waals surface area contributed by atoms with Crippen LogP contribution in [-0.4, -0.2) is 21.5 Å². The Morgan fingerprint density at radius 2 is 1.80 bits per heavy atom. The van der Waals surface area contributed by atoms with E-state index in [1.54, 1.807) is 24.3 Å². The third-order valence-electron chi connectivity index (χ3n) is 3.29. The number of methoxy groups -OCH3 is 1. The lowest BCUT2D eigenvalue weighted by atomic mass is 10.2. The molecule has 0 fully saturated rings. The Labute approximate surface area is 157 Å². The zero-order chi connectivity index (χ0) is 18.2. The second-order valence-corrected chi connectivity index (χ2v) is 8.27. The number of benzene rings is 2. The molecule has 0 aliphatic rings. The van der Waals surface area contributed by atoms with Crippen LogP contribution in [0.25, 0.3) is 10.1 Å². The van der Waals surface area contributed by atoms with Gasteiger partial charge in [0.2, 0.25) is 0 Å². The SMILES string of the molecule is COC(=O)c1sc2ccccc2c1OS(=O)(=O)c1ccc(Cl)c(Cl)c1. The summed E-state index contributed by atoms with van der Waals surface area (Å²) >= 11 is 12.8. The highest BCUT2D eigenvalue weighted by molar-refractivity contribution is 7.87. The van der Waals surface area contributed by atoms with Gasteiger partial charge >= 0.3 is 16.1 Å². The van der Waals surface area contributed by atoms with Crippen molar-refractivity contribution in [3.63, 3.8) is 0 Å². The lowest BCUT2D eigenvalue weighted by Crippen LogP contribution is -2.12. The van der Waals surface area contributed by atoms with E-state index in [-0.39, 0.29) is 25.6 Å². The number of hydrogen-bond donors (Lipinski definition) is 0. The van der Waals surface area contributed by atoms with E-state index in [0.29, 0.717) is 10.1 Å². The molecule has 0 saturated heterocycles. The van der Waals surface area contributed by atoms with Crippen LogP contribution in [0, 0.1) is 0 Å². The van der Waals surface area contributed by atoms with Crippen molar-refractivity contribution >= 4 is 60.7 Å². The third kappa shape index (κ3) is 3.46. The minimum atomic E-state index is -4.22. The molecule has 0 spiro atoms. The Balaban J connectivity index is 2.13. The summed E-state index contributed by atoms with van der Waals surface area (Å²) in [6.45, 7) is 0. The number of halogens is 2. The van der Waals surface area contributed by atoms with Crippen molar-refractivity contribution < 1.29 is 22.1 Å². The molecular weight excluding hydrogens is 407 g/mol. The van der Waals surface area contributed by atoms with Gasteiger partial charge < -0.3 is 8.92 Å². The van der Waals surface area contributed by atoms with Crippen LogP contribution in [0.5, 0.6) is 5.75 Å². The van der Waals surface area contributed by atoms with Crippen molar-refractivity contribution in [2.45, 2.75) is 4.90 Å². The van der Waals surface area contributed by atoms with E-state index in [9.17, 15) is 13.2 Å². The van der Waals surface area contributed by atoms with Gasteiger partial charge in [0.05, 0.1) is 17.2 Å². The highest BCUT2D eigenvalue weighted by Gasteiger charge is 2.26. The maximum Gasteiger partial charge on any atom is 0.351 e. The lowest BCUT2D eigenvalue weighted by Gasteiger charge is -2.09. The first-order chi connectivity index (χ1) is 11.8. The summed E-state index contributed by atoms with van der Waals surface area (Å²) in [7, 11) is -3.01. The molecule has 130 valence electrons. The van der Waals surface area contributed by atoms with Gasteiger partial charge in [0.1, 0.15) is 4.90 Å². The number of carbonyl (C=O) groups excluding carboxylic acids is 1. The Kier molecular flexibility index (Phi) is 4.92. The maximum atomic E-state index is 12.6. The molecule has 9 heteroatoms. The van der Waals surface area contributed by atoms with E-state index in [4.69, 9.17) is 32.1 Å². The molecule has 25 heavy (non-hydrogen) atoms. The summed E-state index contributed by atoms with van der Waals surface area (Å²) in [4.78, 5) is 11.9. The zero-order valence-corrected chi connectivity index (χ0v) is 15.8. The summed E-state index contributed by atoms with van der Waals surface area (Å²) in [5.74, 6) is -0.751. The molecule has 1 aromatic heterocycles. The van der Waals surface area contributed by atoms with Crippen LogP contribution in [-0.2, 0) is 14.9 Å². The fourth-order valence-electron chi connectivity index (χ4n) is 2.12. The van der Waals surface area contributed by atoms with Crippen molar-refractivity contribution in [2.75, 3.05) is 7.11 Å². The quantitative estimate of drug-likeness (QED) is 0.452. The first-order valence-electron chi connectivity index (χ1n) is 6.83. The van der Waals surface area contributed by atoms with E-state index in [1.807, 2.05) is 0 Å². The Hall–Kier alpha value is -1.80. The first-order valence-corrected chi connectivity index (χ1v) is 9.81. The van der Waals surface area contributed by atoms with Crippen LogP contribution >= 0.6 is 34.5 Å². The normalized spacial score (nSPS) is 11.5. The van der Waals surface area contributed by atoms with Crippen LogP contribution in [0.3, 0.4) is 0 Å². The fraction of sp³-hybridized carbons (Fsp3) is 0.0625. The minimum absolute atomic E-state index is 0.0623. The molecule has 0 aliphatic heterocycles. The Bertz CT molecular complexity index is 1070. The number of ether oxygens (including phenoxy) is 1. The van der Waals surface area contributed by atoms with Gasteiger partial charge in [0, 0.05) is 10.1 Å². The average molecular weight is 417 g/mol. The van der Waals surface area contributed by atoms with Crippen molar-refractivity contribution in [1.82, 2.24) is 0 Å². The molecule has 3 rings (SSSR count). The molecule has 0 radical (unpaired) electrons. The van der Waals surface area contributed by atoms with Gasteiger partial charge in [-0.2, -0.15) is 8.42 Å². The fourth-order valence-corrected chi connectivity index (χ4v) is 4.57. The van der Waals surface area contributed by atoms with Crippen molar-refractivity contribution in [3.05, 3.63) is 57.4 Å². The maximum absolute atomic E-state index is 12.6. The Morgan fingerprint density at radius 3 is 2.48 bits per heavy atom. The molecule has 1 heterocycles. The van der Waals surface area contributed by atoms with Crippen molar-refractivity contribution in [1.29, 1.82) is 0 Å². The number of thiophene rings is 1. The number of rotatable bonds is 4. The molecule has 0 atom stereocenters. The molecule has 0 amide bonds. The van der Waals surface area contributed by atoms with Crippen LogP contribution in [0.4, 0.5) is 0 Å². The number of carbonyl (C=O) groups is 1. The van der Waals surface area contributed by atoms with Gasteiger partial charge in [-0.25, -0.2) is 4.79 Å². The largest absolute Gasteiger partial charge is 0.465 e. The van der Waals surface area contributed by atoms with Crippen LogP contribution in [0.15, 0.2) is 47.4 Å². The molecule has 0 aliphatic carbocycles. The van der Waals surface area contributed by atoms with Crippen LogP contribution in [0.1, 0.15) is 9.67 Å². The van der Waals surface area contributed by atoms with Gasteiger partial charge in [0.15, 0.2) is 10.6 Å². The third-order valence-corrected chi connectivity index (χ3v) is 6.38. The topological polar surface area (TPSA) is 69.7 Å². The zero-order valence-electron chi connectivity index (χ0n) is 12.7. The Morgan fingerprint density at radius 1 is 1.08 bits per heavy atom. The molecule has 0 unspecified atom stereocenters. The molecule has 0 bridgehead atoms. The predicted molar refractivity (Wildman–Crippen MR) is 97.4 cm³/mol. The highest BCUT2D eigenvalue weighted by Crippen LogP contribution is 2.40. The van der Waals surface area contributed by atoms with Crippen molar-refractivity contribution in [2.24, 2.45) is 0 Å². The predicted octanol–water partition coefficient (Wildman–Crippen LogP) is 4.76. The minimum Gasteiger partial charge on any atom is -0.465 e. The first kappa shape index (κ1) is 18.0. The monoisotopic (exact) mass is 416 g/mol. The smallest absolute Gasteiger partial charge is 0.351 e. The molecule has 2 aromatic carbocycles. The standard InChI is InChI=1S/C16H10Cl2O5S2/c1-22-16(19)15-14(10-4-2-3-5-13(10)24-15)23-25(20,21)9-6-7-11(17)12(18)8-9/h2-8H,1H3. The number of hydrogen-bond acceptors (Lipinski definition) is 6. The summed E-state index contributed by atoms with van der Waals surface area (Å²) in [6.07, 6.45) is 0. The van der Waals surface area contributed by atoms with Crippen LogP contribution in [0.2, 0.25) is 10.0 Å². The van der Waals surface area contributed by atoms with Gasteiger partial charge in [-0.3, -0.25) is 0 Å². The van der Waals surface area contributed by atoms with E-state index in [2.05, 4.69) is 0 Å². The molecule has 3 aromatic rings. The summed E-state index contributed by atoms with van der Waals surface area (Å²) < 4.78 is 35.9.